The van der Waals surface area contributed by atoms with Gasteiger partial charge < -0.3 is 20.7 Å². The highest BCUT2D eigenvalue weighted by molar-refractivity contribution is 7.17. The van der Waals surface area contributed by atoms with Crippen LogP contribution in [-0.2, 0) is 4.74 Å². The van der Waals surface area contributed by atoms with Crippen LogP contribution in [0.2, 0.25) is 0 Å². The molecule has 100 valence electrons. The van der Waals surface area contributed by atoms with Gasteiger partial charge in [-0.25, -0.2) is 4.98 Å². The summed E-state index contributed by atoms with van der Waals surface area (Å²) in [5.74, 6) is -0.424. The first-order chi connectivity index (χ1) is 8.65. The average molecular weight is 270 g/mol. The molecule has 0 radical (unpaired) electrons. The van der Waals surface area contributed by atoms with E-state index in [-0.39, 0.29) is 6.10 Å². The first kappa shape index (κ1) is 13.3. The van der Waals surface area contributed by atoms with Gasteiger partial charge in [0.25, 0.3) is 5.91 Å². The molecule has 0 aliphatic carbocycles. The largest absolute Gasteiger partial charge is 0.378 e. The number of likely N-dealkylation sites (N-methyl/N-ethyl adjacent to an activating group) is 1. The Morgan fingerprint density at radius 2 is 2.50 bits per heavy atom. The Balaban J connectivity index is 2.07. The molecule has 7 heteroatoms. The topological polar surface area (TPSA) is 80.5 Å². The lowest BCUT2D eigenvalue weighted by atomic mass is 10.0. The van der Waals surface area contributed by atoms with Crippen molar-refractivity contribution in [2.45, 2.75) is 18.6 Å². The van der Waals surface area contributed by atoms with Crippen molar-refractivity contribution >= 4 is 22.4 Å². The van der Waals surface area contributed by atoms with E-state index in [9.17, 15) is 4.79 Å². The van der Waals surface area contributed by atoms with Crippen LogP contribution in [0.4, 0.5) is 5.13 Å². The monoisotopic (exact) mass is 270 g/mol. The number of nitrogens with one attached hydrogen (secondary N) is 1. The molecule has 0 bridgehead atoms. The van der Waals surface area contributed by atoms with Crippen LogP contribution in [0.3, 0.4) is 0 Å². The quantitative estimate of drug-likeness (QED) is 0.808. The van der Waals surface area contributed by atoms with Crippen molar-refractivity contribution in [2.75, 3.05) is 32.1 Å². The predicted octanol–water partition coefficient (Wildman–Crippen LogP) is 0.0551. The van der Waals surface area contributed by atoms with Crippen molar-refractivity contribution < 1.29 is 9.53 Å². The number of anilines is 1. The van der Waals surface area contributed by atoms with Crippen LogP contribution in [0.1, 0.15) is 16.1 Å². The fourth-order valence-electron chi connectivity index (χ4n) is 2.18. The Hall–Kier alpha value is -1.18. The average Bonchev–Trinajstić information content (AvgIpc) is 2.87. The second-order valence-corrected chi connectivity index (χ2v) is 5.28. The second-order valence-electron chi connectivity index (χ2n) is 4.28. The van der Waals surface area contributed by atoms with Gasteiger partial charge in [-0.2, -0.15) is 0 Å². The third-order valence-corrected chi connectivity index (χ3v) is 4.31. The van der Waals surface area contributed by atoms with E-state index in [2.05, 4.69) is 15.2 Å². The van der Waals surface area contributed by atoms with Crippen molar-refractivity contribution in [1.82, 2.24) is 10.3 Å². The third-order valence-electron chi connectivity index (χ3n) is 3.24. The maximum Gasteiger partial charge on any atom is 0.260 e. The van der Waals surface area contributed by atoms with Gasteiger partial charge in [-0.1, -0.05) is 11.3 Å². The zero-order valence-corrected chi connectivity index (χ0v) is 11.4. The van der Waals surface area contributed by atoms with Crippen molar-refractivity contribution in [3.05, 3.63) is 11.1 Å². The van der Waals surface area contributed by atoms with E-state index in [1.54, 1.807) is 7.11 Å². The van der Waals surface area contributed by atoms with Crippen molar-refractivity contribution in [2.24, 2.45) is 5.73 Å². The minimum absolute atomic E-state index is 0.129. The van der Waals surface area contributed by atoms with Crippen LogP contribution in [0.5, 0.6) is 0 Å². The van der Waals surface area contributed by atoms with Crippen molar-refractivity contribution in [3.63, 3.8) is 0 Å². The number of methoxy groups -OCH3 is 1. The minimum Gasteiger partial charge on any atom is -0.378 e. The minimum atomic E-state index is -0.424. The van der Waals surface area contributed by atoms with Crippen molar-refractivity contribution in [1.29, 1.82) is 0 Å². The first-order valence-corrected chi connectivity index (χ1v) is 6.68. The molecule has 0 spiro atoms. The van der Waals surface area contributed by atoms with E-state index in [0.717, 1.165) is 24.6 Å². The molecule has 2 rings (SSSR count). The molecule has 0 saturated carbocycles. The molecule has 2 atom stereocenters. The normalized spacial score (nSPS) is 24.2. The lowest BCUT2D eigenvalue weighted by Gasteiger charge is -2.37. The number of aromatic nitrogens is 1. The highest BCUT2D eigenvalue weighted by Crippen LogP contribution is 2.26. The molecule has 1 aliphatic rings. The summed E-state index contributed by atoms with van der Waals surface area (Å²) < 4.78 is 5.48. The van der Waals surface area contributed by atoms with E-state index in [4.69, 9.17) is 10.5 Å². The summed E-state index contributed by atoms with van der Waals surface area (Å²) in [6.45, 7) is 1.67. The Bertz CT molecular complexity index is 423. The summed E-state index contributed by atoms with van der Waals surface area (Å²) in [4.78, 5) is 17.9. The molecule has 1 aromatic rings. The Kier molecular flexibility index (Phi) is 4.15. The zero-order valence-electron chi connectivity index (χ0n) is 10.5. The van der Waals surface area contributed by atoms with E-state index < -0.39 is 5.91 Å². The summed E-state index contributed by atoms with van der Waals surface area (Å²) in [6, 6.07) is 0.363. The lowest BCUT2D eigenvalue weighted by Crippen LogP contribution is -2.52. The number of nitrogens with two attached hydrogens (primary N) is 1. The maximum absolute atomic E-state index is 11.1. The summed E-state index contributed by atoms with van der Waals surface area (Å²) >= 11 is 1.33. The van der Waals surface area contributed by atoms with E-state index >= 15 is 0 Å². The van der Waals surface area contributed by atoms with Crippen LogP contribution < -0.4 is 16.0 Å². The number of nitrogens with zero attached hydrogens (tertiary/aromatic N) is 2. The molecule has 1 aliphatic heterocycles. The number of primary amides is 1. The summed E-state index contributed by atoms with van der Waals surface area (Å²) in [7, 11) is 3.66. The second kappa shape index (κ2) is 5.64. The number of rotatable bonds is 4. The van der Waals surface area contributed by atoms with E-state index in [0.29, 0.717) is 10.9 Å². The number of ether oxygens (including phenoxy) is 1. The molecule has 3 N–H and O–H groups in total. The standard InChI is InChI=1S/C11H18N4O2S/c1-13-7-3-4-15(6-8(7)17-2)11-14-5-9(18-11)10(12)16/h5,7-8,13H,3-4,6H2,1-2H3,(H2,12,16)/t7-,8+/m1/s1. The number of carbonyl (C=O) groups is 1. The SMILES string of the molecule is CN[C@@H]1CCN(c2ncc(C(N)=O)s2)C[C@@H]1OC. The molecule has 1 aromatic heterocycles. The summed E-state index contributed by atoms with van der Waals surface area (Å²) in [5.41, 5.74) is 5.23. The maximum atomic E-state index is 11.1. The number of thiazole rings is 1. The summed E-state index contributed by atoms with van der Waals surface area (Å²) in [6.07, 6.45) is 2.65. The fraction of sp³-hybridized carbons (Fsp3) is 0.636. The molecule has 0 unspecified atom stereocenters. The van der Waals surface area contributed by atoms with Crippen LogP contribution in [0, 0.1) is 0 Å². The van der Waals surface area contributed by atoms with Crippen LogP contribution in [0.15, 0.2) is 6.20 Å². The molecular weight excluding hydrogens is 252 g/mol. The van der Waals surface area contributed by atoms with Gasteiger partial charge in [0.15, 0.2) is 5.13 Å². The molecule has 2 heterocycles. The van der Waals surface area contributed by atoms with Crippen LogP contribution in [-0.4, -0.2) is 50.3 Å². The number of amides is 1. The van der Waals surface area contributed by atoms with Gasteiger partial charge in [0.1, 0.15) is 4.88 Å². The highest BCUT2D eigenvalue weighted by Gasteiger charge is 2.29. The van der Waals surface area contributed by atoms with Gasteiger partial charge in [0, 0.05) is 26.2 Å². The number of hydrogen-bond donors (Lipinski definition) is 2. The lowest BCUT2D eigenvalue weighted by molar-refractivity contribution is 0.0628. The Morgan fingerprint density at radius 3 is 3.06 bits per heavy atom. The molecule has 1 saturated heterocycles. The highest BCUT2D eigenvalue weighted by atomic mass is 32.1. The van der Waals surface area contributed by atoms with E-state index in [1.807, 2.05) is 7.05 Å². The van der Waals surface area contributed by atoms with Gasteiger partial charge in [-0.3, -0.25) is 4.79 Å². The zero-order chi connectivity index (χ0) is 13.1. The van der Waals surface area contributed by atoms with Crippen LogP contribution in [0.25, 0.3) is 0 Å². The molecule has 1 fully saturated rings. The summed E-state index contributed by atoms with van der Waals surface area (Å²) in [5, 5.41) is 4.09. The van der Waals surface area contributed by atoms with Crippen molar-refractivity contribution in [3.8, 4) is 0 Å². The molecular formula is C11H18N4O2S. The molecule has 18 heavy (non-hydrogen) atoms. The molecule has 1 amide bonds. The third kappa shape index (κ3) is 2.63. The first-order valence-electron chi connectivity index (χ1n) is 5.86. The fourth-order valence-corrected chi connectivity index (χ4v) is 2.99. The predicted molar refractivity (Wildman–Crippen MR) is 71.1 cm³/mol. The molecule has 0 aromatic carbocycles. The Labute approximate surface area is 110 Å². The Morgan fingerprint density at radius 1 is 1.72 bits per heavy atom. The van der Waals surface area contributed by atoms with Gasteiger partial charge in [0.05, 0.1) is 12.3 Å². The smallest absolute Gasteiger partial charge is 0.260 e. The van der Waals surface area contributed by atoms with Gasteiger partial charge in [-0.05, 0) is 13.5 Å². The van der Waals surface area contributed by atoms with Gasteiger partial charge >= 0.3 is 0 Å². The van der Waals surface area contributed by atoms with E-state index in [1.165, 1.54) is 17.5 Å². The molecule has 6 nitrogen and oxygen atoms in total. The van der Waals surface area contributed by atoms with Gasteiger partial charge in [-0.15, -0.1) is 0 Å². The number of carbonyl (C=O) groups excluding carboxylic acids is 1. The van der Waals surface area contributed by atoms with Crippen LogP contribution >= 0.6 is 11.3 Å². The number of piperidine rings is 1. The number of hydrogen-bond acceptors (Lipinski definition) is 6. The van der Waals surface area contributed by atoms with Gasteiger partial charge in [0.2, 0.25) is 0 Å².